The molecular formula is C13H18N2O2. The predicted octanol–water partition coefficient (Wildman–Crippen LogP) is 2.61. The first kappa shape index (κ1) is 13.2. The van der Waals surface area contributed by atoms with Crippen LogP contribution in [0.2, 0.25) is 0 Å². The molecule has 1 aromatic rings. The molecule has 0 unspecified atom stereocenters. The van der Waals surface area contributed by atoms with E-state index in [0.717, 1.165) is 12.1 Å². The number of aromatic carboxylic acids is 1. The second kappa shape index (κ2) is 5.48. The topological polar surface area (TPSA) is 52.9 Å². The van der Waals surface area contributed by atoms with Crippen molar-refractivity contribution in [3.63, 3.8) is 0 Å². The number of carboxylic acid groups (broad SMARTS) is 1. The molecule has 17 heavy (non-hydrogen) atoms. The third-order valence-corrected chi connectivity index (χ3v) is 2.65. The lowest BCUT2D eigenvalue weighted by atomic mass is 10.0. The smallest absolute Gasteiger partial charge is 0.336 e. The Morgan fingerprint density at radius 1 is 1.47 bits per heavy atom. The SMILES string of the molecule is CCN(C)C=Nc1cc(C)cc(C(=O)O)c1C. The molecule has 1 rings (SSSR count). The molecule has 0 aliphatic rings. The van der Waals surface area contributed by atoms with Gasteiger partial charge in [0.1, 0.15) is 0 Å². The molecule has 0 saturated heterocycles. The highest BCUT2D eigenvalue weighted by molar-refractivity contribution is 5.91. The molecule has 0 aromatic heterocycles. The monoisotopic (exact) mass is 234 g/mol. The number of hydrogen-bond donors (Lipinski definition) is 1. The Hall–Kier alpha value is -1.84. The van der Waals surface area contributed by atoms with E-state index in [0.29, 0.717) is 16.8 Å². The number of aliphatic imine (C=N–C) groups is 1. The molecule has 0 fully saturated rings. The Labute approximate surface area is 102 Å². The van der Waals surface area contributed by atoms with Crippen molar-refractivity contribution in [3.05, 3.63) is 28.8 Å². The van der Waals surface area contributed by atoms with Crippen LogP contribution in [0.1, 0.15) is 28.4 Å². The molecule has 0 aliphatic heterocycles. The van der Waals surface area contributed by atoms with E-state index in [1.807, 2.05) is 31.9 Å². The fourth-order valence-electron chi connectivity index (χ4n) is 1.44. The number of carbonyl (C=O) groups is 1. The molecule has 0 heterocycles. The van der Waals surface area contributed by atoms with Gasteiger partial charge in [0, 0.05) is 13.6 Å². The first-order valence-electron chi connectivity index (χ1n) is 5.54. The van der Waals surface area contributed by atoms with Crippen molar-refractivity contribution < 1.29 is 9.90 Å². The predicted molar refractivity (Wildman–Crippen MR) is 69.3 cm³/mol. The van der Waals surface area contributed by atoms with Crippen molar-refractivity contribution >= 4 is 18.0 Å². The van der Waals surface area contributed by atoms with E-state index in [2.05, 4.69) is 4.99 Å². The van der Waals surface area contributed by atoms with Crippen molar-refractivity contribution in [3.8, 4) is 0 Å². The van der Waals surface area contributed by atoms with Gasteiger partial charge in [-0.25, -0.2) is 9.79 Å². The fraction of sp³-hybridized carbons (Fsp3) is 0.385. The zero-order valence-electron chi connectivity index (χ0n) is 10.7. The zero-order valence-corrected chi connectivity index (χ0v) is 10.7. The van der Waals surface area contributed by atoms with Crippen LogP contribution in [0.5, 0.6) is 0 Å². The van der Waals surface area contributed by atoms with Gasteiger partial charge in [-0.3, -0.25) is 0 Å². The van der Waals surface area contributed by atoms with Crippen LogP contribution >= 0.6 is 0 Å². The second-order valence-corrected chi connectivity index (χ2v) is 4.08. The first-order valence-corrected chi connectivity index (χ1v) is 5.54. The maximum absolute atomic E-state index is 11.1. The maximum Gasteiger partial charge on any atom is 0.336 e. The lowest BCUT2D eigenvalue weighted by Crippen LogP contribution is -2.14. The lowest BCUT2D eigenvalue weighted by molar-refractivity contribution is 0.0696. The summed E-state index contributed by atoms with van der Waals surface area (Å²) in [6, 6.07) is 3.56. The molecule has 0 amide bonds. The molecular weight excluding hydrogens is 216 g/mol. The second-order valence-electron chi connectivity index (χ2n) is 4.08. The van der Waals surface area contributed by atoms with E-state index < -0.39 is 5.97 Å². The summed E-state index contributed by atoms with van der Waals surface area (Å²) in [5.41, 5.74) is 2.63. The summed E-state index contributed by atoms with van der Waals surface area (Å²) in [7, 11) is 1.92. The fourth-order valence-corrected chi connectivity index (χ4v) is 1.44. The third-order valence-electron chi connectivity index (χ3n) is 2.65. The van der Waals surface area contributed by atoms with Crippen molar-refractivity contribution in [2.45, 2.75) is 20.8 Å². The van der Waals surface area contributed by atoms with Gasteiger partial charge in [0.25, 0.3) is 0 Å². The molecule has 4 heteroatoms. The van der Waals surface area contributed by atoms with Crippen molar-refractivity contribution in [1.82, 2.24) is 4.90 Å². The summed E-state index contributed by atoms with van der Waals surface area (Å²) in [5, 5.41) is 9.08. The Bertz CT molecular complexity index is 453. The normalized spacial score (nSPS) is 10.8. The van der Waals surface area contributed by atoms with Gasteiger partial charge in [-0.05, 0) is 44.0 Å². The zero-order chi connectivity index (χ0) is 13.0. The summed E-state index contributed by atoms with van der Waals surface area (Å²) in [4.78, 5) is 17.3. The van der Waals surface area contributed by atoms with Gasteiger partial charge in [-0.15, -0.1) is 0 Å². The van der Waals surface area contributed by atoms with Gasteiger partial charge >= 0.3 is 5.97 Å². The lowest BCUT2D eigenvalue weighted by Gasteiger charge is -2.10. The van der Waals surface area contributed by atoms with Crippen molar-refractivity contribution in [1.29, 1.82) is 0 Å². The minimum Gasteiger partial charge on any atom is -0.478 e. The third kappa shape index (κ3) is 3.31. The van der Waals surface area contributed by atoms with Crippen LogP contribution < -0.4 is 0 Å². The molecule has 92 valence electrons. The van der Waals surface area contributed by atoms with Gasteiger partial charge in [0.05, 0.1) is 17.6 Å². The Balaban J connectivity index is 3.16. The van der Waals surface area contributed by atoms with Crippen molar-refractivity contribution in [2.24, 2.45) is 4.99 Å². The van der Waals surface area contributed by atoms with E-state index in [1.165, 1.54) is 0 Å². The molecule has 0 radical (unpaired) electrons. The first-order chi connectivity index (χ1) is 7.95. The number of aryl methyl sites for hydroxylation is 1. The van der Waals surface area contributed by atoms with Gasteiger partial charge in [-0.1, -0.05) is 0 Å². The molecule has 0 saturated carbocycles. The molecule has 1 N–H and O–H groups in total. The van der Waals surface area contributed by atoms with Gasteiger partial charge in [0.15, 0.2) is 0 Å². The quantitative estimate of drug-likeness (QED) is 0.643. The standard InChI is InChI=1S/C13H18N2O2/c1-5-15(4)8-14-12-7-9(2)6-11(10(12)3)13(16)17/h6-8H,5H2,1-4H3,(H,16,17). The Morgan fingerprint density at radius 2 is 2.12 bits per heavy atom. The molecule has 0 bridgehead atoms. The van der Waals surface area contributed by atoms with Gasteiger partial charge in [0.2, 0.25) is 0 Å². The highest BCUT2D eigenvalue weighted by Crippen LogP contribution is 2.24. The van der Waals surface area contributed by atoms with Crippen LogP contribution in [0.25, 0.3) is 0 Å². The highest BCUT2D eigenvalue weighted by atomic mass is 16.4. The van der Waals surface area contributed by atoms with E-state index in [9.17, 15) is 4.79 Å². The minimum atomic E-state index is -0.911. The van der Waals surface area contributed by atoms with Crippen molar-refractivity contribution in [2.75, 3.05) is 13.6 Å². The summed E-state index contributed by atoms with van der Waals surface area (Å²) >= 11 is 0. The number of hydrogen-bond acceptors (Lipinski definition) is 2. The maximum atomic E-state index is 11.1. The van der Waals surface area contributed by atoms with E-state index in [4.69, 9.17) is 5.11 Å². The Morgan fingerprint density at radius 3 is 2.65 bits per heavy atom. The summed E-state index contributed by atoms with van der Waals surface area (Å²) in [6.45, 7) is 6.54. The van der Waals surface area contributed by atoms with Gasteiger partial charge in [-0.2, -0.15) is 0 Å². The summed E-state index contributed by atoms with van der Waals surface area (Å²) in [6.07, 6.45) is 1.72. The van der Waals surface area contributed by atoms with E-state index in [1.54, 1.807) is 19.3 Å². The minimum absolute atomic E-state index is 0.316. The Kier molecular flexibility index (Phi) is 4.26. The molecule has 0 spiro atoms. The van der Waals surface area contributed by atoms with Crippen LogP contribution in [0.4, 0.5) is 5.69 Å². The van der Waals surface area contributed by atoms with Crippen LogP contribution in [0.15, 0.2) is 17.1 Å². The van der Waals surface area contributed by atoms with Crippen LogP contribution in [0, 0.1) is 13.8 Å². The molecule has 0 aliphatic carbocycles. The molecule has 4 nitrogen and oxygen atoms in total. The van der Waals surface area contributed by atoms with Crippen LogP contribution in [-0.4, -0.2) is 35.9 Å². The summed E-state index contributed by atoms with van der Waals surface area (Å²) < 4.78 is 0. The summed E-state index contributed by atoms with van der Waals surface area (Å²) in [5.74, 6) is -0.911. The molecule has 0 atom stereocenters. The average Bonchev–Trinajstić information content (AvgIpc) is 2.28. The highest BCUT2D eigenvalue weighted by Gasteiger charge is 2.10. The number of benzene rings is 1. The number of rotatable bonds is 4. The number of carboxylic acids is 1. The van der Waals surface area contributed by atoms with E-state index in [-0.39, 0.29) is 0 Å². The van der Waals surface area contributed by atoms with Crippen LogP contribution in [0.3, 0.4) is 0 Å². The van der Waals surface area contributed by atoms with E-state index >= 15 is 0 Å². The van der Waals surface area contributed by atoms with Gasteiger partial charge < -0.3 is 10.0 Å². The molecule has 1 aromatic carbocycles. The number of nitrogens with zero attached hydrogens (tertiary/aromatic N) is 2. The van der Waals surface area contributed by atoms with Crippen LogP contribution in [-0.2, 0) is 0 Å². The average molecular weight is 234 g/mol. The largest absolute Gasteiger partial charge is 0.478 e.